The molecule has 4 aromatic heterocycles. The molecule has 4 heterocycles. The summed E-state index contributed by atoms with van der Waals surface area (Å²) in [6.45, 7) is -5.69. The SMILES string of the molecule is [2H]C([2H])([2H])C(c1cnn2c(NC3CCc4[nH]c5ccccc5c4C3)nc(-c3cncc(F)c3)nc12)C([2H])([2H])[2H]. The van der Waals surface area contributed by atoms with E-state index in [1.807, 2.05) is 18.2 Å². The first-order chi connectivity index (χ1) is 18.5. The summed E-state index contributed by atoms with van der Waals surface area (Å²) in [7, 11) is 0. The van der Waals surface area contributed by atoms with Gasteiger partial charge in [-0.05, 0) is 42.9 Å². The van der Waals surface area contributed by atoms with Crippen molar-refractivity contribution in [1.82, 2.24) is 29.5 Å². The van der Waals surface area contributed by atoms with E-state index < -0.39 is 25.4 Å². The number of fused-ring (bicyclic) bond motifs is 4. The molecule has 0 saturated carbocycles. The summed E-state index contributed by atoms with van der Waals surface area (Å²) in [4.78, 5) is 16.4. The maximum absolute atomic E-state index is 14.0. The second-order valence-electron chi connectivity index (χ2n) is 8.24. The molecule has 0 amide bonds. The first-order valence-corrected chi connectivity index (χ1v) is 10.7. The van der Waals surface area contributed by atoms with Crippen molar-refractivity contribution in [2.75, 3.05) is 5.32 Å². The standard InChI is InChI=1S/C25H24FN7/c1-14(2)20-13-28-33-24(20)31-23(15-9-16(26)12-27-11-15)32-25(33)29-17-7-8-22-19(10-17)18-5-3-4-6-21(18)30-22/h3-6,9,11-14,17,30H,7-8,10H2,1-2H3,(H,29,31,32)/i1D3,2D3. The van der Waals surface area contributed by atoms with Gasteiger partial charge in [-0.2, -0.15) is 14.6 Å². The lowest BCUT2D eigenvalue weighted by atomic mass is 9.91. The van der Waals surface area contributed by atoms with Gasteiger partial charge in [0, 0.05) is 48.2 Å². The minimum Gasteiger partial charge on any atom is -0.358 e. The van der Waals surface area contributed by atoms with Gasteiger partial charge in [-0.25, -0.2) is 9.37 Å². The summed E-state index contributed by atoms with van der Waals surface area (Å²) in [5.41, 5.74) is 3.69. The fraction of sp³-hybridized carbons (Fsp3) is 0.280. The molecule has 5 aromatic rings. The van der Waals surface area contributed by atoms with E-state index in [1.165, 1.54) is 34.2 Å². The number of para-hydroxylation sites is 1. The molecule has 0 bridgehead atoms. The average Bonchev–Trinajstić information content (AvgIpc) is 3.44. The first-order valence-electron chi connectivity index (χ1n) is 13.7. The molecule has 8 heteroatoms. The third kappa shape index (κ3) is 3.42. The number of H-pyrrole nitrogens is 1. The van der Waals surface area contributed by atoms with Crippen LogP contribution in [-0.4, -0.2) is 35.6 Å². The number of hydrogen-bond donors (Lipinski definition) is 2. The minimum atomic E-state index is -2.84. The smallest absolute Gasteiger partial charge is 0.228 e. The fourth-order valence-electron chi connectivity index (χ4n) is 4.53. The number of benzene rings is 1. The maximum Gasteiger partial charge on any atom is 0.228 e. The second kappa shape index (κ2) is 7.65. The quantitative estimate of drug-likeness (QED) is 0.409. The molecule has 1 aliphatic rings. The third-order valence-electron chi connectivity index (χ3n) is 6.10. The number of anilines is 1. The Kier molecular flexibility index (Phi) is 3.33. The molecule has 33 heavy (non-hydrogen) atoms. The molecule has 0 radical (unpaired) electrons. The summed E-state index contributed by atoms with van der Waals surface area (Å²) in [5.74, 6) is -2.11. The Hall–Kier alpha value is -3.81. The van der Waals surface area contributed by atoms with Gasteiger partial charge >= 0.3 is 0 Å². The summed E-state index contributed by atoms with van der Waals surface area (Å²) in [6, 6.07) is 9.26. The van der Waals surface area contributed by atoms with Gasteiger partial charge in [0.15, 0.2) is 11.5 Å². The van der Waals surface area contributed by atoms with Crippen molar-refractivity contribution in [3.8, 4) is 11.4 Å². The van der Waals surface area contributed by atoms with Crippen LogP contribution in [-0.2, 0) is 12.8 Å². The summed E-state index contributed by atoms with van der Waals surface area (Å²) < 4.78 is 63.0. The van der Waals surface area contributed by atoms with Gasteiger partial charge < -0.3 is 10.3 Å². The molecule has 1 aliphatic carbocycles. The molecular weight excluding hydrogens is 417 g/mol. The van der Waals surface area contributed by atoms with Crippen LogP contribution in [0.1, 0.15) is 51.1 Å². The highest BCUT2D eigenvalue weighted by molar-refractivity contribution is 5.85. The molecule has 0 aliphatic heterocycles. The Morgan fingerprint density at radius 3 is 3.00 bits per heavy atom. The van der Waals surface area contributed by atoms with Crippen molar-refractivity contribution in [3.05, 3.63) is 71.6 Å². The van der Waals surface area contributed by atoms with Gasteiger partial charge in [-0.3, -0.25) is 4.98 Å². The molecule has 1 unspecified atom stereocenters. The van der Waals surface area contributed by atoms with Crippen molar-refractivity contribution < 1.29 is 12.6 Å². The van der Waals surface area contributed by atoms with Crippen molar-refractivity contribution in [2.24, 2.45) is 0 Å². The number of aryl methyl sites for hydroxylation is 1. The van der Waals surface area contributed by atoms with E-state index in [2.05, 4.69) is 36.4 Å². The van der Waals surface area contributed by atoms with E-state index in [0.29, 0.717) is 6.42 Å². The van der Waals surface area contributed by atoms with Crippen molar-refractivity contribution in [3.63, 3.8) is 0 Å². The molecular formula is C25H24FN7. The Morgan fingerprint density at radius 1 is 1.21 bits per heavy atom. The van der Waals surface area contributed by atoms with Crippen LogP contribution in [0.15, 0.2) is 48.9 Å². The molecule has 166 valence electrons. The third-order valence-corrected chi connectivity index (χ3v) is 6.10. The number of hydrogen-bond acceptors (Lipinski definition) is 5. The van der Waals surface area contributed by atoms with Crippen LogP contribution in [0, 0.1) is 5.82 Å². The highest BCUT2D eigenvalue weighted by Crippen LogP contribution is 2.31. The summed E-state index contributed by atoms with van der Waals surface area (Å²) in [5, 5.41) is 8.87. The van der Waals surface area contributed by atoms with E-state index in [4.69, 9.17) is 8.22 Å². The lowest BCUT2D eigenvalue weighted by Gasteiger charge is -2.24. The highest BCUT2D eigenvalue weighted by Gasteiger charge is 2.24. The van der Waals surface area contributed by atoms with Crippen molar-refractivity contribution >= 4 is 22.5 Å². The molecule has 0 spiro atoms. The number of halogens is 1. The Balaban J connectivity index is 1.46. The van der Waals surface area contributed by atoms with Crippen LogP contribution in [0.5, 0.6) is 0 Å². The normalized spacial score (nSPS) is 19.4. The monoisotopic (exact) mass is 447 g/mol. The number of rotatable bonds is 4. The summed E-state index contributed by atoms with van der Waals surface area (Å²) >= 11 is 0. The predicted molar refractivity (Wildman–Crippen MR) is 126 cm³/mol. The van der Waals surface area contributed by atoms with E-state index >= 15 is 0 Å². The lowest BCUT2D eigenvalue weighted by molar-refractivity contribution is 0.599. The van der Waals surface area contributed by atoms with Crippen LogP contribution in [0.3, 0.4) is 0 Å². The van der Waals surface area contributed by atoms with Crippen LogP contribution in [0.2, 0.25) is 0 Å². The van der Waals surface area contributed by atoms with Gasteiger partial charge in [0.05, 0.1) is 12.4 Å². The Bertz CT molecular complexity index is 1680. The zero-order valence-corrected chi connectivity index (χ0v) is 17.5. The van der Waals surface area contributed by atoms with Crippen LogP contribution in [0.4, 0.5) is 10.3 Å². The van der Waals surface area contributed by atoms with Crippen LogP contribution < -0.4 is 5.32 Å². The van der Waals surface area contributed by atoms with Gasteiger partial charge in [0.1, 0.15) is 5.82 Å². The van der Waals surface area contributed by atoms with Gasteiger partial charge in [0.2, 0.25) is 5.95 Å². The first kappa shape index (κ1) is 14.4. The lowest BCUT2D eigenvalue weighted by Crippen LogP contribution is -2.29. The molecule has 6 rings (SSSR count). The molecule has 7 nitrogen and oxygen atoms in total. The molecule has 0 fully saturated rings. The Labute approximate surface area is 198 Å². The molecule has 0 saturated heterocycles. The number of aromatic amines is 1. The highest BCUT2D eigenvalue weighted by atomic mass is 19.1. The topological polar surface area (TPSA) is 83.8 Å². The van der Waals surface area contributed by atoms with Gasteiger partial charge in [-0.15, -0.1) is 0 Å². The number of aromatic nitrogens is 6. The van der Waals surface area contributed by atoms with Crippen LogP contribution >= 0.6 is 0 Å². The van der Waals surface area contributed by atoms with E-state index in [-0.39, 0.29) is 34.6 Å². The van der Waals surface area contributed by atoms with E-state index in [9.17, 15) is 4.39 Å². The summed E-state index contributed by atoms with van der Waals surface area (Å²) in [6.07, 6.45) is 5.93. The molecule has 1 atom stereocenters. The number of nitrogens with zero attached hydrogens (tertiary/aromatic N) is 5. The molecule has 2 N–H and O–H groups in total. The largest absolute Gasteiger partial charge is 0.358 e. The fourth-order valence-corrected chi connectivity index (χ4v) is 4.53. The Morgan fingerprint density at radius 2 is 2.12 bits per heavy atom. The maximum atomic E-state index is 14.0. The number of pyridine rings is 1. The van der Waals surface area contributed by atoms with Crippen molar-refractivity contribution in [2.45, 2.75) is 44.9 Å². The van der Waals surface area contributed by atoms with E-state index in [1.54, 1.807) is 0 Å². The van der Waals surface area contributed by atoms with E-state index in [0.717, 1.165) is 29.9 Å². The van der Waals surface area contributed by atoms with Crippen LogP contribution in [0.25, 0.3) is 27.9 Å². The zero-order chi connectivity index (χ0) is 27.5. The molecule has 1 aromatic carbocycles. The van der Waals surface area contributed by atoms with Gasteiger partial charge in [0.25, 0.3) is 0 Å². The second-order valence-corrected chi connectivity index (χ2v) is 8.24. The predicted octanol–water partition coefficient (Wildman–Crippen LogP) is 4.90. The number of nitrogens with one attached hydrogen (secondary N) is 2. The average molecular weight is 448 g/mol. The minimum absolute atomic E-state index is 0.0209. The van der Waals surface area contributed by atoms with Crippen molar-refractivity contribution in [1.29, 1.82) is 0 Å². The van der Waals surface area contributed by atoms with Gasteiger partial charge in [-0.1, -0.05) is 31.9 Å². The zero-order valence-electron chi connectivity index (χ0n) is 23.5.